The van der Waals surface area contributed by atoms with Gasteiger partial charge in [-0.25, -0.2) is 0 Å². The third-order valence-electron chi connectivity index (χ3n) is 7.73. The van der Waals surface area contributed by atoms with E-state index in [2.05, 4.69) is 83.1 Å². The van der Waals surface area contributed by atoms with Gasteiger partial charge in [-0.2, -0.15) is 0 Å². The number of hydrogen-bond donors (Lipinski definition) is 2. The Bertz CT molecular complexity index is 822. The molecule has 26 heavy (non-hydrogen) atoms. The van der Waals surface area contributed by atoms with Crippen molar-refractivity contribution in [3.05, 3.63) is 59.7 Å². The van der Waals surface area contributed by atoms with Gasteiger partial charge in [-0.05, 0) is 50.2 Å². The first-order valence-corrected chi connectivity index (χ1v) is 9.81. The Morgan fingerprint density at radius 2 is 1.15 bits per heavy atom. The number of anilines is 2. The number of para-hydroxylation sites is 2. The predicted octanol–water partition coefficient (Wildman–Crippen LogP) is 3.04. The van der Waals surface area contributed by atoms with Gasteiger partial charge >= 0.3 is 0 Å². The number of benzene rings is 2. The van der Waals surface area contributed by atoms with Gasteiger partial charge in [0.2, 0.25) is 0 Å². The van der Waals surface area contributed by atoms with Crippen molar-refractivity contribution in [2.45, 2.75) is 36.0 Å². The second-order valence-electron chi connectivity index (χ2n) is 8.59. The molecule has 0 bridgehead atoms. The molecule has 2 saturated heterocycles. The van der Waals surface area contributed by atoms with Crippen molar-refractivity contribution in [3.63, 3.8) is 0 Å². The zero-order valence-corrected chi connectivity index (χ0v) is 15.5. The van der Waals surface area contributed by atoms with Crippen molar-refractivity contribution < 1.29 is 0 Å². The van der Waals surface area contributed by atoms with Crippen LogP contribution in [0.1, 0.15) is 24.0 Å². The Hall–Kier alpha value is -2.04. The van der Waals surface area contributed by atoms with Gasteiger partial charge < -0.3 is 10.6 Å². The van der Waals surface area contributed by atoms with Crippen molar-refractivity contribution in [1.29, 1.82) is 0 Å². The van der Waals surface area contributed by atoms with Crippen LogP contribution in [-0.2, 0) is 10.8 Å². The molecular formula is C22H26N4. The molecular weight excluding hydrogens is 320 g/mol. The number of likely N-dealkylation sites (tertiary alicyclic amines) is 2. The quantitative estimate of drug-likeness (QED) is 0.768. The second-order valence-corrected chi connectivity index (χ2v) is 8.59. The lowest BCUT2D eigenvalue weighted by Crippen LogP contribution is -2.69. The van der Waals surface area contributed by atoms with Gasteiger partial charge in [0.05, 0.1) is 12.3 Å². The van der Waals surface area contributed by atoms with Crippen LogP contribution in [0, 0.1) is 0 Å². The fourth-order valence-electron chi connectivity index (χ4n) is 6.73. The Kier molecular flexibility index (Phi) is 2.79. The van der Waals surface area contributed by atoms with Crippen LogP contribution >= 0.6 is 0 Å². The molecule has 0 unspecified atom stereocenters. The van der Waals surface area contributed by atoms with Crippen LogP contribution in [-0.4, -0.2) is 49.3 Å². The summed E-state index contributed by atoms with van der Waals surface area (Å²) in [7, 11) is 4.57. The SMILES string of the molecule is CN1CC[C@]23c4ccccc4N[C@@H]4N(C)CC[C@@]42c2ccccc2N[C@H]13. The van der Waals surface area contributed by atoms with Gasteiger partial charge in [0.15, 0.2) is 0 Å². The summed E-state index contributed by atoms with van der Waals surface area (Å²) in [5.74, 6) is 0. The van der Waals surface area contributed by atoms with Crippen LogP contribution in [0.4, 0.5) is 11.4 Å². The molecule has 4 atom stereocenters. The number of nitrogens with zero attached hydrogens (tertiary/aromatic N) is 2. The molecule has 4 aliphatic heterocycles. The summed E-state index contributed by atoms with van der Waals surface area (Å²) >= 11 is 0. The topological polar surface area (TPSA) is 30.5 Å². The first-order chi connectivity index (χ1) is 12.7. The lowest BCUT2D eigenvalue weighted by molar-refractivity contribution is 0.111. The van der Waals surface area contributed by atoms with Gasteiger partial charge in [0, 0.05) is 35.3 Å². The molecule has 134 valence electrons. The van der Waals surface area contributed by atoms with Crippen molar-refractivity contribution in [1.82, 2.24) is 9.80 Å². The zero-order valence-electron chi connectivity index (χ0n) is 15.5. The van der Waals surface area contributed by atoms with E-state index in [4.69, 9.17) is 0 Å². The molecule has 0 aliphatic carbocycles. The van der Waals surface area contributed by atoms with E-state index in [1.165, 1.54) is 35.3 Å². The van der Waals surface area contributed by atoms with Gasteiger partial charge in [-0.15, -0.1) is 0 Å². The van der Waals surface area contributed by atoms with Crippen LogP contribution in [0.2, 0.25) is 0 Å². The standard InChI is InChI=1S/C22H26N4/c1-25-13-11-21-15-7-3-6-10-18(15)24-20-22(21,12-14-26(20)2)16-8-4-5-9-17(16)23-19(21)25/h3-10,19-20,23-24H,11-14H2,1-2H3/t19-,20-,21-,22-/m1/s1. The van der Waals surface area contributed by atoms with E-state index in [9.17, 15) is 0 Å². The maximum absolute atomic E-state index is 3.94. The third kappa shape index (κ3) is 1.47. The number of hydrogen-bond acceptors (Lipinski definition) is 4. The van der Waals surface area contributed by atoms with E-state index in [1.54, 1.807) is 0 Å². The summed E-state index contributed by atoms with van der Waals surface area (Å²) in [4.78, 5) is 5.07. The highest BCUT2D eigenvalue weighted by atomic mass is 15.4. The molecule has 2 spiro atoms. The van der Waals surface area contributed by atoms with E-state index < -0.39 is 0 Å². The summed E-state index contributed by atoms with van der Waals surface area (Å²) < 4.78 is 0. The summed E-state index contributed by atoms with van der Waals surface area (Å²) in [6, 6.07) is 18.1. The summed E-state index contributed by atoms with van der Waals surface area (Å²) in [5.41, 5.74) is 5.86. The maximum atomic E-state index is 3.94. The van der Waals surface area contributed by atoms with Crippen LogP contribution in [0.15, 0.2) is 48.5 Å². The predicted molar refractivity (Wildman–Crippen MR) is 106 cm³/mol. The monoisotopic (exact) mass is 346 g/mol. The highest BCUT2D eigenvalue weighted by molar-refractivity contribution is 5.72. The summed E-state index contributed by atoms with van der Waals surface area (Å²) in [6.45, 7) is 2.27. The van der Waals surface area contributed by atoms with Crippen LogP contribution in [0.3, 0.4) is 0 Å². The zero-order chi connectivity index (χ0) is 17.5. The minimum atomic E-state index is 0.105. The van der Waals surface area contributed by atoms with E-state index in [0.717, 1.165) is 13.1 Å². The molecule has 4 heterocycles. The number of rotatable bonds is 0. The number of likely N-dealkylation sites (N-methyl/N-ethyl adjacent to an activating group) is 2. The Morgan fingerprint density at radius 1 is 0.731 bits per heavy atom. The maximum Gasteiger partial charge on any atom is 0.0901 e. The van der Waals surface area contributed by atoms with Gasteiger partial charge in [-0.1, -0.05) is 36.4 Å². The largest absolute Gasteiger partial charge is 0.369 e. The average Bonchev–Trinajstić information content (AvgIpc) is 3.18. The Labute approximate surface area is 155 Å². The van der Waals surface area contributed by atoms with Crippen LogP contribution in [0.5, 0.6) is 0 Å². The van der Waals surface area contributed by atoms with Crippen molar-refractivity contribution in [3.8, 4) is 0 Å². The summed E-state index contributed by atoms with van der Waals surface area (Å²) in [5, 5.41) is 7.88. The fraction of sp³-hybridized carbons (Fsp3) is 0.455. The molecule has 0 saturated carbocycles. The molecule has 6 rings (SSSR count). The van der Waals surface area contributed by atoms with E-state index in [0.29, 0.717) is 12.3 Å². The smallest absolute Gasteiger partial charge is 0.0901 e. The average molecular weight is 346 g/mol. The van der Waals surface area contributed by atoms with Crippen LogP contribution < -0.4 is 10.6 Å². The van der Waals surface area contributed by atoms with E-state index in [1.807, 2.05) is 0 Å². The molecule has 2 aromatic rings. The van der Waals surface area contributed by atoms with E-state index in [-0.39, 0.29) is 10.8 Å². The highest BCUT2D eigenvalue weighted by Gasteiger charge is 2.70. The molecule has 2 aromatic carbocycles. The van der Waals surface area contributed by atoms with Gasteiger partial charge in [-0.3, -0.25) is 9.80 Å². The molecule has 4 heteroatoms. The lowest BCUT2D eigenvalue weighted by Gasteiger charge is -2.61. The Morgan fingerprint density at radius 3 is 1.62 bits per heavy atom. The highest BCUT2D eigenvalue weighted by Crippen LogP contribution is 2.65. The minimum absolute atomic E-state index is 0.105. The molecule has 4 nitrogen and oxygen atoms in total. The number of nitrogens with one attached hydrogen (secondary N) is 2. The number of fused-ring (bicyclic) bond motifs is 2. The lowest BCUT2D eigenvalue weighted by atomic mass is 9.50. The molecule has 2 N–H and O–H groups in total. The van der Waals surface area contributed by atoms with Crippen molar-refractivity contribution >= 4 is 11.4 Å². The second kappa shape index (κ2) is 4.81. The molecule has 4 aliphatic rings. The first-order valence-electron chi connectivity index (χ1n) is 9.81. The first kappa shape index (κ1) is 15.1. The van der Waals surface area contributed by atoms with E-state index >= 15 is 0 Å². The van der Waals surface area contributed by atoms with Crippen molar-refractivity contribution in [2.24, 2.45) is 0 Å². The molecule has 2 fully saturated rings. The van der Waals surface area contributed by atoms with Gasteiger partial charge in [0.25, 0.3) is 0 Å². The summed E-state index contributed by atoms with van der Waals surface area (Å²) in [6.07, 6.45) is 3.10. The Balaban J connectivity index is 1.74. The van der Waals surface area contributed by atoms with Crippen molar-refractivity contribution in [2.75, 3.05) is 37.8 Å². The normalized spacial score (nSPS) is 37.6. The fourth-order valence-corrected chi connectivity index (χ4v) is 6.73. The molecule has 0 aromatic heterocycles. The third-order valence-corrected chi connectivity index (χ3v) is 7.73. The van der Waals surface area contributed by atoms with Gasteiger partial charge in [0.1, 0.15) is 0 Å². The molecule has 0 radical (unpaired) electrons. The van der Waals surface area contributed by atoms with Crippen LogP contribution in [0.25, 0.3) is 0 Å². The minimum Gasteiger partial charge on any atom is -0.369 e. The molecule has 0 amide bonds.